The number of hydrogen-bond donors (Lipinski definition) is 0. The molecular formula is C17H20N8O. The number of nitrogens with zero attached hydrogens (tertiary/aromatic N) is 8. The third-order valence-corrected chi connectivity index (χ3v) is 4.39. The largest absolute Gasteiger partial charge is 0.277 e. The van der Waals surface area contributed by atoms with Crippen molar-refractivity contribution < 1.29 is 0 Å². The fourth-order valence-corrected chi connectivity index (χ4v) is 3.18. The van der Waals surface area contributed by atoms with Gasteiger partial charge in [-0.1, -0.05) is 32.9 Å². The van der Waals surface area contributed by atoms with Crippen LogP contribution < -0.4 is 5.56 Å². The van der Waals surface area contributed by atoms with E-state index >= 15 is 0 Å². The molecule has 0 amide bonds. The van der Waals surface area contributed by atoms with Crippen molar-refractivity contribution in [2.75, 3.05) is 0 Å². The van der Waals surface area contributed by atoms with E-state index in [2.05, 4.69) is 46.5 Å². The third kappa shape index (κ3) is 2.39. The summed E-state index contributed by atoms with van der Waals surface area (Å²) in [4.78, 5) is 12.7. The number of benzene rings is 1. The Balaban J connectivity index is 1.97. The van der Waals surface area contributed by atoms with Crippen molar-refractivity contribution in [2.45, 2.75) is 46.2 Å². The van der Waals surface area contributed by atoms with E-state index in [4.69, 9.17) is 0 Å². The minimum absolute atomic E-state index is 0.0626. The van der Waals surface area contributed by atoms with Gasteiger partial charge < -0.3 is 0 Å². The number of aryl methyl sites for hydroxylation is 1. The average molecular weight is 352 g/mol. The highest BCUT2D eigenvalue weighted by atomic mass is 16.1. The second kappa shape index (κ2) is 5.72. The Morgan fingerprint density at radius 3 is 2.58 bits per heavy atom. The third-order valence-electron chi connectivity index (χ3n) is 4.39. The van der Waals surface area contributed by atoms with Crippen LogP contribution >= 0.6 is 0 Å². The van der Waals surface area contributed by atoms with Gasteiger partial charge in [0, 0.05) is 12.0 Å². The minimum Gasteiger partial charge on any atom is -0.277 e. The standard InChI is InChI=1S/C17H20N8O/c1-5-23-14(26)11-8-6-7-9-12(11)25-13(18-20-16(23)25)10-24-15(17(2,3)4)19-21-22-24/h6-9H,5,10H2,1-4H3. The lowest BCUT2D eigenvalue weighted by Gasteiger charge is -2.16. The van der Waals surface area contributed by atoms with E-state index in [0.29, 0.717) is 30.1 Å². The van der Waals surface area contributed by atoms with Crippen molar-refractivity contribution in [1.29, 1.82) is 0 Å². The van der Waals surface area contributed by atoms with Crippen molar-refractivity contribution in [3.8, 4) is 0 Å². The van der Waals surface area contributed by atoms with Crippen molar-refractivity contribution in [3.05, 3.63) is 46.3 Å². The summed E-state index contributed by atoms with van der Waals surface area (Å²) in [5.74, 6) is 1.97. The van der Waals surface area contributed by atoms with E-state index in [-0.39, 0.29) is 11.0 Å². The number of fused-ring (bicyclic) bond motifs is 3. The maximum atomic E-state index is 12.7. The summed E-state index contributed by atoms with van der Waals surface area (Å²) in [5, 5.41) is 21.3. The fourth-order valence-electron chi connectivity index (χ4n) is 3.18. The summed E-state index contributed by atoms with van der Waals surface area (Å²) in [5.41, 5.74) is 0.521. The molecule has 0 unspecified atom stereocenters. The lowest BCUT2D eigenvalue weighted by atomic mass is 9.96. The first kappa shape index (κ1) is 16.4. The molecule has 4 aromatic rings. The number of aromatic nitrogens is 8. The van der Waals surface area contributed by atoms with Crippen LogP contribution in [0.3, 0.4) is 0 Å². The molecule has 0 saturated heterocycles. The Morgan fingerprint density at radius 1 is 1.08 bits per heavy atom. The van der Waals surface area contributed by atoms with Gasteiger partial charge in [0.15, 0.2) is 11.6 Å². The molecule has 9 nitrogen and oxygen atoms in total. The summed E-state index contributed by atoms with van der Waals surface area (Å²) in [7, 11) is 0. The van der Waals surface area contributed by atoms with Gasteiger partial charge in [0.25, 0.3) is 5.56 Å². The smallest absolute Gasteiger partial charge is 0.262 e. The maximum Gasteiger partial charge on any atom is 0.262 e. The van der Waals surface area contributed by atoms with Crippen molar-refractivity contribution >= 4 is 16.7 Å². The SMILES string of the molecule is CCn1c(=O)c2ccccc2n2c(Cn3nnnc3C(C)(C)C)nnc12. The van der Waals surface area contributed by atoms with E-state index in [1.807, 2.05) is 35.6 Å². The van der Waals surface area contributed by atoms with E-state index in [9.17, 15) is 4.79 Å². The summed E-state index contributed by atoms with van der Waals surface area (Å²) < 4.78 is 5.27. The summed E-state index contributed by atoms with van der Waals surface area (Å²) in [6.07, 6.45) is 0. The van der Waals surface area contributed by atoms with Crippen LogP contribution in [0.4, 0.5) is 0 Å². The molecule has 0 spiro atoms. The van der Waals surface area contributed by atoms with Crippen molar-refractivity contribution in [2.24, 2.45) is 0 Å². The monoisotopic (exact) mass is 352 g/mol. The Bertz CT molecular complexity index is 1160. The molecule has 0 bridgehead atoms. The number of rotatable bonds is 3. The molecule has 0 fully saturated rings. The van der Waals surface area contributed by atoms with Gasteiger partial charge in [-0.05, 0) is 29.5 Å². The zero-order chi connectivity index (χ0) is 18.5. The van der Waals surface area contributed by atoms with Crippen LogP contribution in [0.5, 0.6) is 0 Å². The van der Waals surface area contributed by atoms with Crippen LogP contribution in [-0.4, -0.2) is 39.4 Å². The molecule has 1 aromatic carbocycles. The predicted octanol–water partition coefficient (Wildman–Crippen LogP) is 1.40. The van der Waals surface area contributed by atoms with Crippen LogP contribution in [0.2, 0.25) is 0 Å². The molecule has 0 aliphatic heterocycles. The van der Waals surface area contributed by atoms with Crippen LogP contribution in [0, 0.1) is 0 Å². The molecule has 0 aliphatic carbocycles. The van der Waals surface area contributed by atoms with Crippen LogP contribution in [-0.2, 0) is 18.5 Å². The van der Waals surface area contributed by atoms with E-state index < -0.39 is 0 Å². The first-order chi connectivity index (χ1) is 12.4. The molecule has 0 N–H and O–H groups in total. The molecule has 4 rings (SSSR count). The van der Waals surface area contributed by atoms with Crippen LogP contribution in [0.1, 0.15) is 39.3 Å². The highest BCUT2D eigenvalue weighted by Gasteiger charge is 2.24. The molecule has 9 heteroatoms. The van der Waals surface area contributed by atoms with Crippen LogP contribution in [0.15, 0.2) is 29.1 Å². The van der Waals surface area contributed by atoms with E-state index in [0.717, 1.165) is 11.3 Å². The number of tetrazole rings is 1. The van der Waals surface area contributed by atoms with Gasteiger partial charge in [-0.25, -0.2) is 4.68 Å². The highest BCUT2D eigenvalue weighted by Crippen LogP contribution is 2.20. The van der Waals surface area contributed by atoms with Gasteiger partial charge in [0.05, 0.1) is 10.9 Å². The predicted molar refractivity (Wildman–Crippen MR) is 96.0 cm³/mol. The van der Waals surface area contributed by atoms with Crippen LogP contribution in [0.25, 0.3) is 16.7 Å². The fraction of sp³-hybridized carbons (Fsp3) is 0.412. The second-order valence-corrected chi connectivity index (χ2v) is 7.23. The van der Waals surface area contributed by atoms with Gasteiger partial charge in [0.2, 0.25) is 5.78 Å². The number of para-hydroxylation sites is 1. The topological polar surface area (TPSA) is 95.8 Å². The van der Waals surface area contributed by atoms with Gasteiger partial charge in [-0.15, -0.1) is 15.3 Å². The Labute approximate surface area is 149 Å². The molecule has 0 radical (unpaired) electrons. The first-order valence-electron chi connectivity index (χ1n) is 8.54. The van der Waals surface area contributed by atoms with E-state index in [1.165, 1.54) is 0 Å². The second-order valence-electron chi connectivity index (χ2n) is 7.23. The molecular weight excluding hydrogens is 332 g/mol. The summed E-state index contributed by atoms with van der Waals surface area (Å²) in [6, 6.07) is 7.49. The van der Waals surface area contributed by atoms with E-state index in [1.54, 1.807) is 9.25 Å². The molecule has 0 saturated carbocycles. The lowest BCUT2D eigenvalue weighted by molar-refractivity contribution is 0.484. The van der Waals surface area contributed by atoms with Crippen molar-refractivity contribution in [3.63, 3.8) is 0 Å². The van der Waals surface area contributed by atoms with Gasteiger partial charge in [-0.2, -0.15) is 0 Å². The molecule has 134 valence electrons. The van der Waals surface area contributed by atoms with Crippen molar-refractivity contribution in [1.82, 2.24) is 39.4 Å². The minimum atomic E-state index is -0.197. The normalized spacial score (nSPS) is 12.3. The molecule has 0 aliphatic rings. The molecule has 26 heavy (non-hydrogen) atoms. The highest BCUT2D eigenvalue weighted by molar-refractivity contribution is 5.80. The number of hydrogen-bond acceptors (Lipinski definition) is 6. The maximum absolute atomic E-state index is 12.7. The zero-order valence-corrected chi connectivity index (χ0v) is 15.2. The Morgan fingerprint density at radius 2 is 1.85 bits per heavy atom. The molecule has 0 atom stereocenters. The van der Waals surface area contributed by atoms with Gasteiger partial charge >= 0.3 is 0 Å². The summed E-state index contributed by atoms with van der Waals surface area (Å²) in [6.45, 7) is 8.98. The summed E-state index contributed by atoms with van der Waals surface area (Å²) >= 11 is 0. The molecule has 3 aromatic heterocycles. The zero-order valence-electron chi connectivity index (χ0n) is 15.2. The Hall–Kier alpha value is -3.10. The quantitative estimate of drug-likeness (QED) is 0.553. The lowest BCUT2D eigenvalue weighted by Crippen LogP contribution is -2.23. The Kier molecular flexibility index (Phi) is 3.60. The first-order valence-corrected chi connectivity index (χ1v) is 8.54. The van der Waals surface area contributed by atoms with Gasteiger partial charge in [0.1, 0.15) is 6.54 Å². The average Bonchev–Trinajstić information content (AvgIpc) is 3.23. The van der Waals surface area contributed by atoms with Gasteiger partial charge in [-0.3, -0.25) is 13.8 Å². The molecule has 3 heterocycles.